The molecule has 0 aliphatic carbocycles. The smallest absolute Gasteiger partial charge is 0.339 e. The molecule has 0 bridgehead atoms. The Morgan fingerprint density at radius 2 is 1.73 bits per heavy atom. The van der Waals surface area contributed by atoms with Gasteiger partial charge in [0.2, 0.25) is 0 Å². The van der Waals surface area contributed by atoms with E-state index in [0.717, 1.165) is 16.8 Å². The summed E-state index contributed by atoms with van der Waals surface area (Å²) in [6, 6.07) is 12.4. The second-order valence-corrected chi connectivity index (χ2v) is 6.07. The van der Waals surface area contributed by atoms with Crippen LogP contribution in [0.5, 0.6) is 0 Å². The third kappa shape index (κ3) is 3.21. The Morgan fingerprint density at radius 3 is 2.35 bits per heavy atom. The summed E-state index contributed by atoms with van der Waals surface area (Å²) in [4.78, 5) is 28.0. The largest absolute Gasteiger partial charge is 0.478 e. The lowest BCUT2D eigenvalue weighted by Crippen LogP contribution is -2.17. The predicted octanol–water partition coefficient (Wildman–Crippen LogP) is 3.65. The summed E-state index contributed by atoms with van der Waals surface area (Å²) in [6.07, 6.45) is 0. The van der Waals surface area contributed by atoms with Crippen molar-refractivity contribution in [2.75, 3.05) is 12.4 Å². The Bertz CT molecular complexity index is 1010. The number of aromatic carboxylic acids is 1. The van der Waals surface area contributed by atoms with E-state index in [1.807, 2.05) is 32.0 Å². The monoisotopic (exact) mass is 349 g/mol. The molecular formula is C20H19N3O3. The first kappa shape index (κ1) is 17.4. The van der Waals surface area contributed by atoms with Gasteiger partial charge in [-0.1, -0.05) is 18.2 Å². The minimum atomic E-state index is -1.08. The number of aromatic nitrogens is 1. The van der Waals surface area contributed by atoms with E-state index in [0.29, 0.717) is 16.5 Å². The second-order valence-electron chi connectivity index (χ2n) is 6.07. The minimum Gasteiger partial charge on any atom is -0.478 e. The standard InChI is InChI=1S/C20H19N3O3/c1-11-5-4-6-12(2)17(11)23-18-15(20(25)26)10-14-9-13(19(24)21-3)7-8-16(14)22-18/h4-10H,1-3H3,(H,21,24)(H,22,23)(H,25,26). The van der Waals surface area contributed by atoms with Crippen molar-refractivity contribution in [3.8, 4) is 0 Å². The van der Waals surface area contributed by atoms with E-state index in [2.05, 4.69) is 15.6 Å². The summed E-state index contributed by atoms with van der Waals surface area (Å²) in [5.74, 6) is -1.05. The van der Waals surface area contributed by atoms with Crippen molar-refractivity contribution in [2.24, 2.45) is 0 Å². The summed E-state index contributed by atoms with van der Waals surface area (Å²) < 4.78 is 0. The number of hydrogen-bond acceptors (Lipinski definition) is 4. The number of aryl methyl sites for hydroxylation is 2. The summed E-state index contributed by atoms with van der Waals surface area (Å²) in [6.45, 7) is 3.90. The molecule has 6 nitrogen and oxygen atoms in total. The van der Waals surface area contributed by atoms with Gasteiger partial charge in [0.05, 0.1) is 5.52 Å². The molecule has 0 fully saturated rings. The van der Waals surface area contributed by atoms with Crippen molar-refractivity contribution in [2.45, 2.75) is 13.8 Å². The van der Waals surface area contributed by atoms with Gasteiger partial charge in [-0.2, -0.15) is 0 Å². The quantitative estimate of drug-likeness (QED) is 0.669. The number of nitrogens with one attached hydrogen (secondary N) is 2. The highest BCUT2D eigenvalue weighted by Crippen LogP contribution is 2.28. The number of carbonyl (C=O) groups excluding carboxylic acids is 1. The summed E-state index contributed by atoms with van der Waals surface area (Å²) >= 11 is 0. The highest BCUT2D eigenvalue weighted by Gasteiger charge is 2.16. The molecule has 0 aliphatic rings. The van der Waals surface area contributed by atoms with Crippen LogP contribution in [0.3, 0.4) is 0 Å². The van der Waals surface area contributed by atoms with E-state index in [-0.39, 0.29) is 17.3 Å². The first-order chi connectivity index (χ1) is 12.4. The lowest BCUT2D eigenvalue weighted by atomic mass is 10.1. The molecule has 0 unspecified atom stereocenters. The number of hydrogen-bond donors (Lipinski definition) is 3. The Hall–Kier alpha value is -3.41. The number of benzene rings is 2. The van der Waals surface area contributed by atoms with Crippen LogP contribution in [0.4, 0.5) is 11.5 Å². The number of carboxylic acids is 1. The Labute approximate surface area is 150 Å². The Balaban J connectivity index is 2.14. The summed E-state index contributed by atoms with van der Waals surface area (Å²) in [7, 11) is 1.55. The molecule has 3 aromatic rings. The van der Waals surface area contributed by atoms with Gasteiger partial charge in [0.15, 0.2) is 0 Å². The number of anilines is 2. The van der Waals surface area contributed by atoms with Gasteiger partial charge in [-0.3, -0.25) is 4.79 Å². The average Bonchev–Trinajstić information content (AvgIpc) is 2.63. The van der Waals surface area contributed by atoms with Gasteiger partial charge in [-0.25, -0.2) is 9.78 Å². The van der Waals surface area contributed by atoms with Crippen LogP contribution in [0.15, 0.2) is 42.5 Å². The Morgan fingerprint density at radius 1 is 1.04 bits per heavy atom. The molecule has 1 aromatic heterocycles. The van der Waals surface area contributed by atoms with Crippen molar-refractivity contribution >= 4 is 34.3 Å². The molecule has 2 aromatic carbocycles. The molecule has 3 N–H and O–H groups in total. The highest BCUT2D eigenvalue weighted by molar-refractivity contribution is 6.02. The second kappa shape index (κ2) is 6.84. The topological polar surface area (TPSA) is 91.3 Å². The fraction of sp³-hybridized carbons (Fsp3) is 0.150. The van der Waals surface area contributed by atoms with Crippen LogP contribution in [0.25, 0.3) is 10.9 Å². The molecule has 132 valence electrons. The number of para-hydroxylation sites is 1. The molecule has 6 heteroatoms. The van der Waals surface area contributed by atoms with Crippen molar-refractivity contribution in [1.82, 2.24) is 10.3 Å². The van der Waals surface area contributed by atoms with Gasteiger partial charge in [0, 0.05) is 23.7 Å². The van der Waals surface area contributed by atoms with Gasteiger partial charge in [0.25, 0.3) is 5.91 Å². The summed E-state index contributed by atoms with van der Waals surface area (Å²) in [5, 5.41) is 15.9. The van der Waals surface area contributed by atoms with E-state index in [1.54, 1.807) is 25.2 Å². The normalized spacial score (nSPS) is 10.6. The van der Waals surface area contributed by atoms with Crippen LogP contribution < -0.4 is 10.6 Å². The zero-order valence-electron chi connectivity index (χ0n) is 14.8. The van der Waals surface area contributed by atoms with Crippen LogP contribution in [0.2, 0.25) is 0 Å². The molecule has 1 amide bonds. The fourth-order valence-electron chi connectivity index (χ4n) is 2.85. The lowest BCUT2D eigenvalue weighted by molar-refractivity contribution is 0.0697. The van der Waals surface area contributed by atoms with E-state index in [4.69, 9.17) is 0 Å². The van der Waals surface area contributed by atoms with Gasteiger partial charge in [-0.15, -0.1) is 0 Å². The molecule has 0 spiro atoms. The third-order valence-electron chi connectivity index (χ3n) is 4.26. The zero-order valence-corrected chi connectivity index (χ0v) is 14.8. The first-order valence-electron chi connectivity index (χ1n) is 8.14. The van der Waals surface area contributed by atoms with Gasteiger partial charge in [-0.05, 0) is 49.2 Å². The molecule has 0 saturated heterocycles. The number of fused-ring (bicyclic) bond motifs is 1. The maximum absolute atomic E-state index is 11.8. The minimum absolute atomic E-state index is 0.0502. The van der Waals surface area contributed by atoms with Crippen molar-refractivity contribution in [3.05, 3.63) is 64.7 Å². The number of amides is 1. The number of pyridine rings is 1. The van der Waals surface area contributed by atoms with Crippen molar-refractivity contribution in [3.63, 3.8) is 0 Å². The van der Waals surface area contributed by atoms with Crippen LogP contribution in [0, 0.1) is 13.8 Å². The first-order valence-corrected chi connectivity index (χ1v) is 8.14. The van der Waals surface area contributed by atoms with Gasteiger partial charge >= 0.3 is 5.97 Å². The molecule has 0 aliphatic heterocycles. The van der Waals surface area contributed by atoms with Gasteiger partial charge < -0.3 is 15.7 Å². The molecule has 0 atom stereocenters. The summed E-state index contributed by atoms with van der Waals surface area (Å²) in [5.41, 5.74) is 3.94. The highest BCUT2D eigenvalue weighted by atomic mass is 16.4. The van der Waals surface area contributed by atoms with Crippen LogP contribution >= 0.6 is 0 Å². The third-order valence-corrected chi connectivity index (χ3v) is 4.26. The van der Waals surface area contributed by atoms with Crippen molar-refractivity contribution < 1.29 is 14.7 Å². The molecule has 26 heavy (non-hydrogen) atoms. The molecule has 1 heterocycles. The lowest BCUT2D eigenvalue weighted by Gasteiger charge is -2.14. The molecule has 0 radical (unpaired) electrons. The van der Waals surface area contributed by atoms with Gasteiger partial charge in [0.1, 0.15) is 11.4 Å². The number of carbonyl (C=O) groups is 2. The zero-order chi connectivity index (χ0) is 18.8. The van der Waals surface area contributed by atoms with Crippen LogP contribution in [0.1, 0.15) is 31.8 Å². The van der Waals surface area contributed by atoms with E-state index in [1.165, 1.54) is 6.07 Å². The number of rotatable bonds is 4. The number of nitrogens with zero attached hydrogens (tertiary/aromatic N) is 1. The number of carboxylic acid groups (broad SMARTS) is 1. The predicted molar refractivity (Wildman–Crippen MR) is 101 cm³/mol. The molecule has 0 saturated carbocycles. The Kier molecular flexibility index (Phi) is 4.58. The van der Waals surface area contributed by atoms with E-state index in [9.17, 15) is 14.7 Å². The average molecular weight is 349 g/mol. The SMILES string of the molecule is CNC(=O)c1ccc2nc(Nc3c(C)cccc3C)c(C(=O)O)cc2c1. The fourth-order valence-corrected chi connectivity index (χ4v) is 2.85. The van der Waals surface area contributed by atoms with E-state index >= 15 is 0 Å². The van der Waals surface area contributed by atoms with Crippen molar-refractivity contribution in [1.29, 1.82) is 0 Å². The molecule has 3 rings (SSSR count). The molecular weight excluding hydrogens is 330 g/mol. The van der Waals surface area contributed by atoms with Crippen LogP contribution in [-0.4, -0.2) is 29.0 Å². The maximum atomic E-state index is 11.8. The van der Waals surface area contributed by atoms with E-state index < -0.39 is 5.97 Å². The maximum Gasteiger partial charge on any atom is 0.339 e. The van der Waals surface area contributed by atoms with Crippen LogP contribution in [-0.2, 0) is 0 Å².